The molecule has 0 aliphatic carbocycles. The zero-order valence-corrected chi connectivity index (χ0v) is 20.0. The molecule has 3 aromatic heterocycles. The maximum Gasteiger partial charge on any atom is 0.312 e. The van der Waals surface area contributed by atoms with Crippen LogP contribution in [0, 0.1) is 24.0 Å². The SMILES string of the molecule is CC(=O)NCc1ccc(-c2csc(NC(=O)c3ccc(Cn4nc(C)c([N+](=O)[O-])c4C)cc3)n2)o1. The van der Waals surface area contributed by atoms with Crippen molar-refractivity contribution in [3.8, 4) is 11.5 Å². The molecule has 180 valence electrons. The van der Waals surface area contributed by atoms with Crippen molar-refractivity contribution in [1.82, 2.24) is 20.1 Å². The number of hydrogen-bond acceptors (Lipinski definition) is 8. The molecule has 11 nitrogen and oxygen atoms in total. The Bertz CT molecular complexity index is 1400. The summed E-state index contributed by atoms with van der Waals surface area (Å²) in [6, 6.07) is 10.4. The number of carbonyl (C=O) groups is 2. The average molecular weight is 495 g/mol. The number of furan rings is 1. The number of hydrogen-bond donors (Lipinski definition) is 2. The number of nitro groups is 1. The van der Waals surface area contributed by atoms with Gasteiger partial charge in [-0.1, -0.05) is 12.1 Å². The van der Waals surface area contributed by atoms with Gasteiger partial charge >= 0.3 is 5.69 Å². The molecular weight excluding hydrogens is 472 g/mol. The molecule has 0 spiro atoms. The fourth-order valence-electron chi connectivity index (χ4n) is 3.48. The van der Waals surface area contributed by atoms with E-state index in [9.17, 15) is 19.7 Å². The first kappa shape index (κ1) is 23.8. The molecule has 0 atom stereocenters. The molecule has 0 saturated carbocycles. The topological polar surface area (TPSA) is 145 Å². The van der Waals surface area contributed by atoms with Crippen LogP contribution in [0.2, 0.25) is 0 Å². The number of amides is 2. The third-order valence-electron chi connectivity index (χ3n) is 5.22. The number of carbonyl (C=O) groups excluding carboxylic acids is 2. The molecule has 3 heterocycles. The van der Waals surface area contributed by atoms with Gasteiger partial charge in [-0.25, -0.2) is 4.98 Å². The molecule has 4 rings (SSSR count). The van der Waals surface area contributed by atoms with Gasteiger partial charge in [0, 0.05) is 17.9 Å². The van der Waals surface area contributed by atoms with E-state index in [0.29, 0.717) is 45.8 Å². The Balaban J connectivity index is 1.39. The van der Waals surface area contributed by atoms with E-state index in [4.69, 9.17) is 4.42 Å². The van der Waals surface area contributed by atoms with Crippen molar-refractivity contribution in [2.75, 3.05) is 5.32 Å². The van der Waals surface area contributed by atoms with Gasteiger partial charge < -0.3 is 9.73 Å². The number of aryl methyl sites for hydroxylation is 1. The molecule has 0 saturated heterocycles. The summed E-state index contributed by atoms with van der Waals surface area (Å²) in [7, 11) is 0. The lowest BCUT2D eigenvalue weighted by atomic mass is 10.1. The van der Waals surface area contributed by atoms with Crippen LogP contribution in [0.1, 0.15) is 40.0 Å². The maximum absolute atomic E-state index is 12.7. The minimum atomic E-state index is -0.428. The minimum Gasteiger partial charge on any atom is -0.458 e. The van der Waals surface area contributed by atoms with Gasteiger partial charge in [-0.3, -0.25) is 29.7 Å². The third-order valence-corrected chi connectivity index (χ3v) is 5.98. The van der Waals surface area contributed by atoms with Crippen LogP contribution in [-0.2, 0) is 17.9 Å². The standard InChI is InChI=1S/C23H22N6O5S/c1-13-21(29(32)33)14(2)28(27-13)11-16-4-6-17(7-5-16)22(31)26-23-25-19(12-35-23)20-9-8-18(34-20)10-24-15(3)30/h4-9,12H,10-11H2,1-3H3,(H,24,30)(H,25,26,31). The fourth-order valence-corrected chi connectivity index (χ4v) is 4.17. The summed E-state index contributed by atoms with van der Waals surface area (Å²) in [5, 5.41) is 23.1. The molecule has 0 bridgehead atoms. The number of aromatic nitrogens is 3. The Labute approximate surface area is 203 Å². The van der Waals surface area contributed by atoms with Gasteiger partial charge in [-0.05, 0) is 43.7 Å². The Hall–Kier alpha value is -4.32. The van der Waals surface area contributed by atoms with Crippen LogP contribution in [0.25, 0.3) is 11.5 Å². The van der Waals surface area contributed by atoms with Gasteiger partial charge in [0.15, 0.2) is 10.9 Å². The predicted octanol–water partition coefficient (Wildman–Crippen LogP) is 4.06. The van der Waals surface area contributed by atoms with Crippen LogP contribution in [-0.4, -0.2) is 31.5 Å². The highest BCUT2D eigenvalue weighted by Crippen LogP contribution is 2.27. The van der Waals surface area contributed by atoms with Crippen LogP contribution in [0.15, 0.2) is 46.2 Å². The predicted molar refractivity (Wildman–Crippen MR) is 129 cm³/mol. The summed E-state index contributed by atoms with van der Waals surface area (Å²) in [6.07, 6.45) is 0. The van der Waals surface area contributed by atoms with E-state index >= 15 is 0 Å². The number of nitrogens with zero attached hydrogens (tertiary/aromatic N) is 4. The maximum atomic E-state index is 12.7. The van der Waals surface area contributed by atoms with E-state index < -0.39 is 4.92 Å². The molecule has 12 heteroatoms. The molecule has 0 aliphatic heterocycles. The van der Waals surface area contributed by atoms with Gasteiger partial charge in [-0.15, -0.1) is 11.3 Å². The lowest BCUT2D eigenvalue weighted by Crippen LogP contribution is -2.18. The summed E-state index contributed by atoms with van der Waals surface area (Å²) in [4.78, 5) is 38.9. The second-order valence-corrected chi connectivity index (χ2v) is 8.66. The van der Waals surface area contributed by atoms with Gasteiger partial charge in [0.2, 0.25) is 5.91 Å². The monoisotopic (exact) mass is 494 g/mol. The van der Waals surface area contributed by atoms with Crippen molar-refractivity contribution in [3.63, 3.8) is 0 Å². The molecule has 0 aliphatic rings. The minimum absolute atomic E-state index is 0.0160. The average Bonchev–Trinajstić information content (AvgIpc) is 3.52. The molecule has 4 aromatic rings. The fraction of sp³-hybridized carbons (Fsp3) is 0.217. The van der Waals surface area contributed by atoms with Crippen LogP contribution in [0.4, 0.5) is 10.8 Å². The molecule has 2 N–H and O–H groups in total. The number of benzene rings is 1. The highest BCUT2D eigenvalue weighted by molar-refractivity contribution is 7.14. The van der Waals surface area contributed by atoms with Gasteiger partial charge in [-0.2, -0.15) is 5.10 Å². The zero-order chi connectivity index (χ0) is 25.1. The van der Waals surface area contributed by atoms with Gasteiger partial charge in [0.25, 0.3) is 5.91 Å². The molecule has 35 heavy (non-hydrogen) atoms. The van der Waals surface area contributed by atoms with Crippen molar-refractivity contribution < 1.29 is 18.9 Å². The highest BCUT2D eigenvalue weighted by atomic mass is 32.1. The summed E-state index contributed by atoms with van der Waals surface area (Å²) in [6.45, 7) is 5.34. The molecule has 0 radical (unpaired) electrons. The van der Waals surface area contributed by atoms with E-state index in [-0.39, 0.29) is 24.0 Å². The van der Waals surface area contributed by atoms with Crippen molar-refractivity contribution in [2.24, 2.45) is 0 Å². The summed E-state index contributed by atoms with van der Waals surface area (Å²) < 4.78 is 7.27. The first-order valence-corrected chi connectivity index (χ1v) is 11.5. The molecule has 2 amide bonds. The van der Waals surface area contributed by atoms with Crippen LogP contribution >= 0.6 is 11.3 Å². The Morgan fingerprint density at radius 1 is 1.17 bits per heavy atom. The van der Waals surface area contributed by atoms with E-state index in [2.05, 4.69) is 20.7 Å². The van der Waals surface area contributed by atoms with E-state index in [1.807, 2.05) is 0 Å². The summed E-state index contributed by atoms with van der Waals surface area (Å²) >= 11 is 1.27. The first-order chi connectivity index (χ1) is 16.7. The number of nitrogens with one attached hydrogen (secondary N) is 2. The smallest absolute Gasteiger partial charge is 0.312 e. The van der Waals surface area contributed by atoms with Crippen molar-refractivity contribution in [2.45, 2.75) is 33.9 Å². The largest absolute Gasteiger partial charge is 0.458 e. The molecule has 1 aromatic carbocycles. The summed E-state index contributed by atoms with van der Waals surface area (Å²) in [5.41, 5.74) is 2.74. The molecule has 0 fully saturated rings. The Morgan fingerprint density at radius 3 is 2.57 bits per heavy atom. The Kier molecular flexibility index (Phi) is 6.73. The van der Waals surface area contributed by atoms with Crippen LogP contribution in [0.3, 0.4) is 0 Å². The quantitative estimate of drug-likeness (QED) is 0.277. The van der Waals surface area contributed by atoms with Crippen LogP contribution in [0.5, 0.6) is 0 Å². The molecular formula is C23H22N6O5S. The second-order valence-electron chi connectivity index (χ2n) is 7.80. The van der Waals surface area contributed by atoms with Crippen molar-refractivity contribution in [1.29, 1.82) is 0 Å². The van der Waals surface area contributed by atoms with E-state index in [0.717, 1.165) is 5.56 Å². The third kappa shape index (κ3) is 5.44. The highest BCUT2D eigenvalue weighted by Gasteiger charge is 2.21. The lowest BCUT2D eigenvalue weighted by molar-refractivity contribution is -0.386. The van der Waals surface area contributed by atoms with E-state index in [1.54, 1.807) is 60.3 Å². The Morgan fingerprint density at radius 2 is 1.91 bits per heavy atom. The first-order valence-electron chi connectivity index (χ1n) is 10.6. The van der Waals surface area contributed by atoms with Crippen molar-refractivity contribution >= 4 is 34.0 Å². The van der Waals surface area contributed by atoms with Gasteiger partial charge in [0.1, 0.15) is 22.8 Å². The normalized spacial score (nSPS) is 10.8. The number of rotatable bonds is 8. The van der Waals surface area contributed by atoms with Crippen molar-refractivity contribution in [3.05, 3.63) is 80.2 Å². The zero-order valence-electron chi connectivity index (χ0n) is 19.2. The lowest BCUT2D eigenvalue weighted by Gasteiger charge is -2.06. The summed E-state index contributed by atoms with van der Waals surface area (Å²) in [5.74, 6) is 0.676. The van der Waals surface area contributed by atoms with Gasteiger partial charge in [0.05, 0.1) is 18.0 Å². The van der Waals surface area contributed by atoms with Crippen LogP contribution < -0.4 is 10.6 Å². The number of thiazole rings is 1. The second kappa shape index (κ2) is 9.89. The molecule has 0 unspecified atom stereocenters. The number of anilines is 1. The van der Waals surface area contributed by atoms with E-state index in [1.165, 1.54) is 18.3 Å².